The fraction of sp³-hybridized carbons (Fsp3) is 1.00. The first-order chi connectivity index (χ1) is 3.56. The van der Waals surface area contributed by atoms with Gasteiger partial charge in [0.15, 0.2) is 0 Å². The number of hydrogen-bond donors (Lipinski definition) is 1. The largest absolute Gasteiger partial charge is 1.00 e. The van der Waals surface area contributed by atoms with Gasteiger partial charge in [0.1, 0.15) is 0 Å². The molecule has 0 unspecified atom stereocenters. The maximum atomic E-state index is 9.87. The minimum absolute atomic E-state index is 0. The van der Waals surface area contributed by atoms with Crippen LogP contribution in [-0.2, 0) is 14.9 Å². The average molecular weight is 164 g/mol. The van der Waals surface area contributed by atoms with Gasteiger partial charge in [0.05, 0.1) is 12.4 Å². The minimum Gasteiger partial charge on any atom is -1.00 e. The zero-order chi connectivity index (χ0) is 6.62. The van der Waals surface area contributed by atoms with Crippen LogP contribution < -0.4 is 29.6 Å². The van der Waals surface area contributed by atoms with Crippen molar-refractivity contribution in [3.8, 4) is 0 Å². The molecule has 52 valence electrons. The van der Waals surface area contributed by atoms with Crippen molar-refractivity contribution in [1.29, 1.82) is 0 Å². The van der Waals surface area contributed by atoms with E-state index in [1.54, 1.807) is 0 Å². The van der Waals surface area contributed by atoms with Crippen LogP contribution >= 0.6 is 0 Å². The SMILES string of the molecule is COCCS(=O)(=O)O.[H-].[Na+]. The standard InChI is InChI=1S/C3H8O4S.Na.H/c1-7-2-3-8(4,5)6;;/h2-3H2,1H3,(H,4,5,6);;/q;+1;-1. The Morgan fingerprint density at radius 1 is 1.67 bits per heavy atom. The molecule has 0 aromatic heterocycles. The van der Waals surface area contributed by atoms with Gasteiger partial charge in [-0.25, -0.2) is 0 Å². The maximum absolute atomic E-state index is 9.87. The fourth-order valence-electron chi connectivity index (χ4n) is 0.189. The number of ether oxygens (including phenoxy) is 1. The summed E-state index contributed by atoms with van der Waals surface area (Å²) < 4.78 is 32.2. The first kappa shape index (κ1) is 12.5. The molecule has 0 aliphatic carbocycles. The summed E-state index contributed by atoms with van der Waals surface area (Å²) in [6.07, 6.45) is 0. The zero-order valence-corrected chi connectivity index (χ0v) is 8.31. The summed E-state index contributed by atoms with van der Waals surface area (Å²) in [7, 11) is -2.45. The van der Waals surface area contributed by atoms with Crippen LogP contribution in [0.25, 0.3) is 0 Å². The first-order valence-electron chi connectivity index (χ1n) is 2.00. The van der Waals surface area contributed by atoms with Gasteiger partial charge in [0.25, 0.3) is 10.1 Å². The van der Waals surface area contributed by atoms with Gasteiger partial charge in [-0.15, -0.1) is 0 Å². The number of rotatable bonds is 3. The molecule has 0 heterocycles. The van der Waals surface area contributed by atoms with E-state index in [2.05, 4.69) is 4.74 Å². The topological polar surface area (TPSA) is 63.6 Å². The molecule has 0 aliphatic rings. The van der Waals surface area contributed by atoms with Gasteiger partial charge >= 0.3 is 29.6 Å². The van der Waals surface area contributed by atoms with E-state index in [1.807, 2.05) is 0 Å². The van der Waals surface area contributed by atoms with Crippen molar-refractivity contribution in [2.24, 2.45) is 0 Å². The summed E-state index contributed by atoms with van der Waals surface area (Å²) in [6.45, 7) is 0.0405. The van der Waals surface area contributed by atoms with E-state index < -0.39 is 10.1 Å². The molecule has 0 aliphatic heterocycles. The summed E-state index contributed by atoms with van der Waals surface area (Å²) >= 11 is 0. The summed E-state index contributed by atoms with van der Waals surface area (Å²) in [6, 6.07) is 0. The molecule has 0 saturated carbocycles. The van der Waals surface area contributed by atoms with Gasteiger partial charge in [0, 0.05) is 7.11 Å². The Kier molecular flexibility index (Phi) is 7.86. The summed E-state index contributed by atoms with van der Waals surface area (Å²) in [4.78, 5) is 0. The van der Waals surface area contributed by atoms with Gasteiger partial charge in [-0.05, 0) is 0 Å². The van der Waals surface area contributed by atoms with Gasteiger partial charge in [0.2, 0.25) is 0 Å². The van der Waals surface area contributed by atoms with Gasteiger partial charge < -0.3 is 6.16 Å². The van der Waals surface area contributed by atoms with E-state index >= 15 is 0 Å². The second kappa shape index (κ2) is 5.64. The first-order valence-corrected chi connectivity index (χ1v) is 3.61. The van der Waals surface area contributed by atoms with Crippen LogP contribution in [-0.4, -0.2) is 32.4 Å². The Bertz CT molecular complexity index is 145. The Morgan fingerprint density at radius 3 is 2.22 bits per heavy atom. The zero-order valence-electron chi connectivity index (χ0n) is 6.49. The smallest absolute Gasteiger partial charge is 1.00 e. The number of methoxy groups -OCH3 is 1. The third-order valence-corrected chi connectivity index (χ3v) is 1.23. The summed E-state index contributed by atoms with van der Waals surface area (Å²) in [5, 5.41) is 0. The molecular weight excluding hydrogens is 155 g/mol. The van der Waals surface area contributed by atoms with Gasteiger partial charge in [-0.3, -0.25) is 4.55 Å². The third-order valence-electron chi connectivity index (χ3n) is 0.545. The summed E-state index contributed by atoms with van der Waals surface area (Å²) in [5.41, 5.74) is 0. The predicted octanol–water partition coefficient (Wildman–Crippen LogP) is -3.36. The molecule has 9 heavy (non-hydrogen) atoms. The van der Waals surface area contributed by atoms with Crippen molar-refractivity contribution >= 4 is 10.1 Å². The molecule has 0 aromatic rings. The van der Waals surface area contributed by atoms with Crippen LogP contribution in [0, 0.1) is 0 Å². The molecule has 0 saturated heterocycles. The van der Waals surface area contributed by atoms with Crippen LogP contribution in [0.4, 0.5) is 0 Å². The van der Waals surface area contributed by atoms with Crippen molar-refractivity contribution in [3.05, 3.63) is 0 Å². The third kappa shape index (κ3) is 12.1. The number of hydrogen-bond acceptors (Lipinski definition) is 3. The fourth-order valence-corrected chi connectivity index (χ4v) is 0.566. The van der Waals surface area contributed by atoms with E-state index in [0.29, 0.717) is 0 Å². The van der Waals surface area contributed by atoms with E-state index in [-0.39, 0.29) is 43.3 Å². The Labute approximate surface area is 78.1 Å². The van der Waals surface area contributed by atoms with Crippen LogP contribution in [0.3, 0.4) is 0 Å². The molecule has 0 spiro atoms. The van der Waals surface area contributed by atoms with E-state index in [1.165, 1.54) is 7.11 Å². The van der Waals surface area contributed by atoms with Crippen molar-refractivity contribution in [2.75, 3.05) is 19.5 Å². The Balaban J connectivity index is -0.000000245. The monoisotopic (exact) mass is 164 g/mol. The molecule has 0 fully saturated rings. The molecule has 0 amide bonds. The molecule has 0 radical (unpaired) electrons. The average Bonchev–Trinajstić information content (AvgIpc) is 1.59. The Hall–Kier alpha value is 0.870. The van der Waals surface area contributed by atoms with Crippen molar-refractivity contribution in [3.63, 3.8) is 0 Å². The molecule has 0 rings (SSSR count). The molecule has 4 nitrogen and oxygen atoms in total. The molecule has 0 bridgehead atoms. The Morgan fingerprint density at radius 2 is 2.11 bits per heavy atom. The molecular formula is C3H9NaO4S. The normalized spacial score (nSPS) is 10.4. The molecule has 0 atom stereocenters. The van der Waals surface area contributed by atoms with E-state index in [4.69, 9.17) is 4.55 Å². The van der Waals surface area contributed by atoms with Crippen molar-refractivity contribution in [2.45, 2.75) is 0 Å². The van der Waals surface area contributed by atoms with Crippen LogP contribution in [0.1, 0.15) is 1.43 Å². The van der Waals surface area contributed by atoms with Gasteiger partial charge in [-0.2, -0.15) is 8.42 Å². The second-order valence-electron chi connectivity index (χ2n) is 1.28. The summed E-state index contributed by atoms with van der Waals surface area (Å²) in [5.74, 6) is -0.330. The van der Waals surface area contributed by atoms with E-state index in [0.717, 1.165) is 0 Å². The van der Waals surface area contributed by atoms with Crippen molar-refractivity contribution < 1.29 is 48.7 Å². The van der Waals surface area contributed by atoms with Crippen LogP contribution in [0.2, 0.25) is 0 Å². The van der Waals surface area contributed by atoms with Gasteiger partial charge in [-0.1, -0.05) is 0 Å². The molecule has 6 heteroatoms. The van der Waals surface area contributed by atoms with E-state index in [9.17, 15) is 8.42 Å². The minimum atomic E-state index is -3.81. The van der Waals surface area contributed by atoms with Crippen molar-refractivity contribution in [1.82, 2.24) is 0 Å². The molecule has 1 N–H and O–H groups in total. The second-order valence-corrected chi connectivity index (χ2v) is 2.85. The maximum Gasteiger partial charge on any atom is 1.00 e. The molecule has 0 aromatic carbocycles. The van der Waals surface area contributed by atoms with Crippen LogP contribution in [0.5, 0.6) is 0 Å². The van der Waals surface area contributed by atoms with Crippen LogP contribution in [0.15, 0.2) is 0 Å². The quantitative estimate of drug-likeness (QED) is 0.349. The predicted molar refractivity (Wildman–Crippen MR) is 29.4 cm³/mol.